The van der Waals surface area contributed by atoms with Gasteiger partial charge in [0.25, 0.3) is 0 Å². The lowest BCUT2D eigenvalue weighted by molar-refractivity contribution is -0.164. The molecule has 0 fully saturated rings. The van der Waals surface area contributed by atoms with E-state index in [1.807, 2.05) is 18.2 Å². The summed E-state index contributed by atoms with van der Waals surface area (Å²) < 4.78 is 15.0. The first-order valence-corrected chi connectivity index (χ1v) is 9.21. The van der Waals surface area contributed by atoms with Crippen LogP contribution in [0.5, 0.6) is 0 Å². The Hall–Kier alpha value is -2.89. The van der Waals surface area contributed by atoms with Gasteiger partial charge in [-0.05, 0) is 20.8 Å². The highest BCUT2D eigenvalue weighted by Crippen LogP contribution is 2.22. The molecule has 0 aromatic heterocycles. The number of rotatable bonds is 9. The fourth-order valence-electron chi connectivity index (χ4n) is 1.73. The lowest BCUT2D eigenvalue weighted by Crippen LogP contribution is -2.36. The summed E-state index contributed by atoms with van der Waals surface area (Å²) >= 11 is 0. The molecule has 0 aliphatic carbocycles. The SMILES string of the molecule is C=CC(=O)OCC(C)(C)COC(=O)C(C)(C)COC(=O)C=C.Cc1ccccc1. The van der Waals surface area contributed by atoms with Crippen molar-refractivity contribution in [2.75, 3.05) is 19.8 Å². The van der Waals surface area contributed by atoms with Gasteiger partial charge in [-0.3, -0.25) is 4.79 Å². The van der Waals surface area contributed by atoms with Crippen molar-refractivity contribution >= 4 is 17.9 Å². The molecule has 0 spiro atoms. The monoisotopic (exact) mass is 404 g/mol. The molecule has 0 saturated heterocycles. The summed E-state index contributed by atoms with van der Waals surface area (Å²) in [6, 6.07) is 10.3. The maximum absolute atomic E-state index is 12.0. The van der Waals surface area contributed by atoms with Gasteiger partial charge in [-0.1, -0.05) is 62.9 Å². The summed E-state index contributed by atoms with van der Waals surface area (Å²) in [5.41, 5.74) is -0.197. The van der Waals surface area contributed by atoms with Crippen LogP contribution in [0.2, 0.25) is 0 Å². The molecule has 6 nitrogen and oxygen atoms in total. The quantitative estimate of drug-likeness (QED) is 0.351. The largest absolute Gasteiger partial charge is 0.464 e. The fraction of sp³-hybridized carbons (Fsp3) is 0.435. The standard InChI is InChI=1S/C16H24O6.C7H8/c1-7-12(17)20-9-15(3,4)10-22-14(19)16(5,6)11-21-13(18)8-2;1-7-5-3-2-4-6-7/h7-8H,1-2,9-11H2,3-6H3;2-6H,1H3. The van der Waals surface area contributed by atoms with Gasteiger partial charge in [0.1, 0.15) is 6.61 Å². The average molecular weight is 405 g/mol. The summed E-state index contributed by atoms with van der Waals surface area (Å²) in [5, 5.41) is 0. The molecule has 1 aromatic rings. The minimum absolute atomic E-state index is 0.0646. The molecule has 0 N–H and O–H groups in total. The predicted molar refractivity (Wildman–Crippen MR) is 112 cm³/mol. The Labute approximate surface area is 173 Å². The zero-order valence-corrected chi connectivity index (χ0v) is 18.0. The van der Waals surface area contributed by atoms with Crippen molar-refractivity contribution < 1.29 is 28.6 Å². The summed E-state index contributed by atoms with van der Waals surface area (Å²) in [6.07, 6.45) is 2.09. The van der Waals surface area contributed by atoms with Crippen molar-refractivity contribution in [2.24, 2.45) is 10.8 Å². The lowest BCUT2D eigenvalue weighted by atomic mass is 9.93. The van der Waals surface area contributed by atoms with Gasteiger partial charge in [0.2, 0.25) is 0 Å². The average Bonchev–Trinajstić information content (AvgIpc) is 2.69. The number of carbonyl (C=O) groups excluding carboxylic acids is 3. The van der Waals surface area contributed by atoms with E-state index >= 15 is 0 Å². The third-order valence-electron chi connectivity index (χ3n) is 3.60. The Bertz CT molecular complexity index is 689. The Morgan fingerprint density at radius 1 is 0.828 bits per heavy atom. The second kappa shape index (κ2) is 12.5. The van der Waals surface area contributed by atoms with E-state index in [4.69, 9.17) is 14.2 Å². The van der Waals surface area contributed by atoms with Crippen LogP contribution >= 0.6 is 0 Å². The molecule has 1 rings (SSSR count). The maximum atomic E-state index is 12.0. The van der Waals surface area contributed by atoms with Crippen molar-refractivity contribution in [2.45, 2.75) is 34.6 Å². The Morgan fingerprint density at radius 3 is 1.69 bits per heavy atom. The van der Waals surface area contributed by atoms with E-state index in [1.54, 1.807) is 27.7 Å². The zero-order chi connectivity index (χ0) is 22.5. The Kier molecular flexibility index (Phi) is 11.3. The first-order valence-electron chi connectivity index (χ1n) is 9.21. The smallest absolute Gasteiger partial charge is 0.330 e. The number of aryl methyl sites for hydroxylation is 1. The molecular formula is C23H32O6. The number of carbonyl (C=O) groups is 3. The number of hydrogen-bond donors (Lipinski definition) is 0. The van der Waals surface area contributed by atoms with E-state index in [0.29, 0.717) is 0 Å². The van der Waals surface area contributed by atoms with E-state index in [2.05, 4.69) is 32.2 Å². The number of benzene rings is 1. The minimum Gasteiger partial charge on any atom is -0.464 e. The van der Waals surface area contributed by atoms with Crippen LogP contribution in [-0.2, 0) is 28.6 Å². The summed E-state index contributed by atoms with van der Waals surface area (Å²) in [7, 11) is 0. The molecule has 0 saturated carbocycles. The van der Waals surface area contributed by atoms with Crippen molar-refractivity contribution in [3.63, 3.8) is 0 Å². The van der Waals surface area contributed by atoms with Crippen molar-refractivity contribution in [1.29, 1.82) is 0 Å². The normalized spacial score (nSPS) is 10.7. The summed E-state index contributed by atoms with van der Waals surface area (Å²) in [6.45, 7) is 15.5. The van der Waals surface area contributed by atoms with Gasteiger partial charge >= 0.3 is 17.9 Å². The van der Waals surface area contributed by atoms with E-state index < -0.39 is 28.7 Å². The van der Waals surface area contributed by atoms with Crippen LogP contribution in [0, 0.1) is 17.8 Å². The van der Waals surface area contributed by atoms with Crippen molar-refractivity contribution in [1.82, 2.24) is 0 Å². The van der Waals surface area contributed by atoms with Gasteiger partial charge in [0.15, 0.2) is 0 Å². The van der Waals surface area contributed by atoms with Gasteiger partial charge in [-0.25, -0.2) is 9.59 Å². The van der Waals surface area contributed by atoms with Crippen LogP contribution in [-0.4, -0.2) is 37.7 Å². The molecule has 0 heterocycles. The lowest BCUT2D eigenvalue weighted by Gasteiger charge is -2.27. The maximum Gasteiger partial charge on any atom is 0.330 e. The highest BCUT2D eigenvalue weighted by molar-refractivity contribution is 5.82. The molecular weight excluding hydrogens is 372 g/mol. The van der Waals surface area contributed by atoms with Gasteiger partial charge < -0.3 is 14.2 Å². The molecule has 0 radical (unpaired) electrons. The molecule has 0 bridgehead atoms. The summed E-state index contributed by atoms with van der Waals surface area (Å²) in [4.78, 5) is 34.1. The van der Waals surface area contributed by atoms with Crippen LogP contribution in [0.15, 0.2) is 55.6 Å². The fourth-order valence-corrected chi connectivity index (χ4v) is 1.73. The van der Waals surface area contributed by atoms with Gasteiger partial charge in [-0.2, -0.15) is 0 Å². The highest BCUT2D eigenvalue weighted by Gasteiger charge is 2.33. The molecule has 29 heavy (non-hydrogen) atoms. The second-order valence-electron chi connectivity index (χ2n) is 7.90. The molecule has 0 amide bonds. The number of hydrogen-bond acceptors (Lipinski definition) is 6. The van der Waals surface area contributed by atoms with E-state index in [-0.39, 0.29) is 19.8 Å². The van der Waals surface area contributed by atoms with Crippen molar-refractivity contribution in [3.8, 4) is 0 Å². The molecule has 1 aromatic carbocycles. The Balaban J connectivity index is 0.000000929. The van der Waals surface area contributed by atoms with Gasteiger partial charge in [0.05, 0.1) is 18.6 Å². The highest BCUT2D eigenvalue weighted by atomic mass is 16.6. The van der Waals surface area contributed by atoms with Crippen LogP contribution in [0.1, 0.15) is 33.3 Å². The second-order valence-corrected chi connectivity index (χ2v) is 7.90. The van der Waals surface area contributed by atoms with Crippen LogP contribution in [0.4, 0.5) is 0 Å². The summed E-state index contributed by atoms with van der Waals surface area (Å²) in [5.74, 6) is -1.64. The molecule has 6 heteroatoms. The predicted octanol–water partition coefficient (Wildman–Crippen LogP) is 4.04. The topological polar surface area (TPSA) is 78.9 Å². The molecule has 0 unspecified atom stereocenters. The number of esters is 3. The Morgan fingerprint density at radius 2 is 1.28 bits per heavy atom. The number of ether oxygens (including phenoxy) is 3. The third-order valence-corrected chi connectivity index (χ3v) is 3.60. The molecule has 0 atom stereocenters. The van der Waals surface area contributed by atoms with Crippen molar-refractivity contribution in [3.05, 3.63) is 61.2 Å². The van der Waals surface area contributed by atoms with Gasteiger partial charge in [-0.15, -0.1) is 0 Å². The van der Waals surface area contributed by atoms with E-state index in [1.165, 1.54) is 5.56 Å². The first kappa shape index (κ1) is 26.1. The first-order chi connectivity index (χ1) is 13.4. The minimum atomic E-state index is -0.980. The van der Waals surface area contributed by atoms with Gasteiger partial charge in [0, 0.05) is 17.6 Å². The molecule has 0 aliphatic rings. The van der Waals surface area contributed by atoms with Crippen LogP contribution in [0.3, 0.4) is 0 Å². The zero-order valence-electron chi connectivity index (χ0n) is 18.0. The third kappa shape index (κ3) is 12.2. The molecule has 0 aliphatic heterocycles. The van der Waals surface area contributed by atoms with E-state index in [9.17, 15) is 14.4 Å². The van der Waals surface area contributed by atoms with Crippen LogP contribution in [0.25, 0.3) is 0 Å². The van der Waals surface area contributed by atoms with Crippen LogP contribution < -0.4 is 0 Å². The van der Waals surface area contributed by atoms with E-state index in [0.717, 1.165) is 12.2 Å². The molecule has 160 valence electrons.